The van der Waals surface area contributed by atoms with Gasteiger partial charge in [0.1, 0.15) is 5.56 Å². The smallest absolute Gasteiger partial charge is 0.339 e. The second-order valence-corrected chi connectivity index (χ2v) is 4.95. The third kappa shape index (κ3) is 2.21. The summed E-state index contributed by atoms with van der Waals surface area (Å²) < 4.78 is 0. The molecule has 1 saturated heterocycles. The van der Waals surface area contributed by atoms with Crippen LogP contribution in [0.4, 0.5) is 5.69 Å². The Labute approximate surface area is 112 Å². The Morgan fingerprint density at radius 2 is 1.89 bits per heavy atom. The van der Waals surface area contributed by atoms with E-state index in [0.29, 0.717) is 0 Å². The Hall–Kier alpha value is -1.53. The first-order valence-electron chi connectivity index (χ1n) is 4.97. The number of amides is 2. The van der Waals surface area contributed by atoms with Gasteiger partial charge < -0.3 is 5.11 Å². The van der Waals surface area contributed by atoms with Gasteiger partial charge in [-0.25, -0.2) is 9.69 Å². The quantitative estimate of drug-likeness (QED) is 0.836. The Morgan fingerprint density at radius 3 is 2.44 bits per heavy atom. The zero-order valence-electron chi connectivity index (χ0n) is 9.05. The van der Waals surface area contributed by atoms with E-state index in [0.717, 1.165) is 4.90 Å². The van der Waals surface area contributed by atoms with Crippen molar-refractivity contribution in [2.75, 3.05) is 16.4 Å². The van der Waals surface area contributed by atoms with Crippen LogP contribution in [0.1, 0.15) is 10.4 Å². The van der Waals surface area contributed by atoms with Gasteiger partial charge in [-0.3, -0.25) is 9.59 Å². The second kappa shape index (κ2) is 4.99. The van der Waals surface area contributed by atoms with Crippen molar-refractivity contribution in [3.05, 3.63) is 28.8 Å². The van der Waals surface area contributed by atoms with Crippen LogP contribution in [0.5, 0.6) is 0 Å². The molecule has 0 saturated carbocycles. The van der Waals surface area contributed by atoms with Crippen LogP contribution in [0.2, 0.25) is 5.02 Å². The average Bonchev–Trinajstić information content (AvgIpc) is 2.28. The third-order valence-corrected chi connectivity index (χ3v) is 3.61. The molecule has 1 aromatic rings. The fraction of sp³-hybridized carbons (Fsp3) is 0.182. The largest absolute Gasteiger partial charge is 0.478 e. The predicted octanol–water partition coefficient (Wildman–Crippen LogP) is 1.64. The van der Waals surface area contributed by atoms with E-state index in [1.807, 2.05) is 0 Å². The SMILES string of the molecule is O=C(O)c1c(Cl)cccc1N1C(=O)CSCC1=O. The van der Waals surface area contributed by atoms with E-state index in [-0.39, 0.29) is 27.8 Å². The molecule has 1 aliphatic rings. The molecule has 0 radical (unpaired) electrons. The number of carboxylic acids is 1. The normalized spacial score (nSPS) is 15.9. The zero-order valence-corrected chi connectivity index (χ0v) is 10.6. The van der Waals surface area contributed by atoms with Crippen LogP contribution in [-0.2, 0) is 9.59 Å². The van der Waals surface area contributed by atoms with Gasteiger partial charge in [0.15, 0.2) is 0 Å². The topological polar surface area (TPSA) is 74.7 Å². The van der Waals surface area contributed by atoms with Crippen LogP contribution in [-0.4, -0.2) is 34.4 Å². The summed E-state index contributed by atoms with van der Waals surface area (Å²) in [5.74, 6) is -1.83. The molecular weight excluding hydrogens is 278 g/mol. The highest BCUT2D eigenvalue weighted by atomic mass is 35.5. The number of aromatic carboxylic acids is 1. The van der Waals surface area contributed by atoms with Gasteiger partial charge in [-0.05, 0) is 12.1 Å². The lowest BCUT2D eigenvalue weighted by molar-refractivity contribution is -0.124. The van der Waals surface area contributed by atoms with E-state index < -0.39 is 17.8 Å². The molecule has 1 aromatic carbocycles. The van der Waals surface area contributed by atoms with E-state index in [1.54, 1.807) is 0 Å². The summed E-state index contributed by atoms with van der Waals surface area (Å²) in [6.07, 6.45) is 0. The highest BCUT2D eigenvalue weighted by molar-refractivity contribution is 8.00. The maximum absolute atomic E-state index is 11.7. The zero-order chi connectivity index (χ0) is 13.3. The van der Waals surface area contributed by atoms with Gasteiger partial charge in [0.05, 0.1) is 22.2 Å². The summed E-state index contributed by atoms with van der Waals surface area (Å²) in [6, 6.07) is 4.32. The molecule has 2 rings (SSSR count). The standard InChI is InChI=1S/C11H8ClNO4S/c12-6-2-1-3-7(10(6)11(16)17)13-8(14)4-18-5-9(13)15/h1-3H,4-5H2,(H,16,17). The van der Waals surface area contributed by atoms with Crippen LogP contribution in [0, 0.1) is 0 Å². The van der Waals surface area contributed by atoms with Crippen molar-refractivity contribution in [3.63, 3.8) is 0 Å². The third-order valence-electron chi connectivity index (χ3n) is 2.40. The van der Waals surface area contributed by atoms with Crippen molar-refractivity contribution in [2.45, 2.75) is 0 Å². The summed E-state index contributed by atoms with van der Waals surface area (Å²) in [4.78, 5) is 35.5. The lowest BCUT2D eigenvalue weighted by atomic mass is 10.1. The Kier molecular flexibility index (Phi) is 3.58. The summed E-state index contributed by atoms with van der Waals surface area (Å²) in [5.41, 5.74) is -0.196. The molecule has 0 aromatic heterocycles. The van der Waals surface area contributed by atoms with Gasteiger partial charge in [-0.1, -0.05) is 17.7 Å². The molecule has 0 atom stereocenters. The van der Waals surface area contributed by atoms with Crippen molar-refractivity contribution in [1.29, 1.82) is 0 Å². The Morgan fingerprint density at radius 1 is 1.28 bits per heavy atom. The van der Waals surface area contributed by atoms with Gasteiger partial charge in [0, 0.05) is 0 Å². The van der Waals surface area contributed by atoms with Crippen molar-refractivity contribution in [3.8, 4) is 0 Å². The van der Waals surface area contributed by atoms with Crippen LogP contribution >= 0.6 is 23.4 Å². The number of carbonyl (C=O) groups is 3. The molecule has 0 bridgehead atoms. The maximum atomic E-state index is 11.7. The number of hydrogen-bond acceptors (Lipinski definition) is 4. The van der Waals surface area contributed by atoms with Gasteiger partial charge in [0.2, 0.25) is 11.8 Å². The number of rotatable bonds is 2. The summed E-state index contributed by atoms with van der Waals surface area (Å²) >= 11 is 7.01. The van der Waals surface area contributed by atoms with Crippen LogP contribution < -0.4 is 4.90 Å². The number of nitrogens with zero attached hydrogens (tertiary/aromatic N) is 1. The lowest BCUT2D eigenvalue weighted by Crippen LogP contribution is -2.43. The number of benzene rings is 1. The molecule has 18 heavy (non-hydrogen) atoms. The summed E-state index contributed by atoms with van der Waals surface area (Å²) in [5, 5.41) is 9.11. The van der Waals surface area contributed by atoms with E-state index in [2.05, 4.69) is 0 Å². The highest BCUT2D eigenvalue weighted by Crippen LogP contribution is 2.30. The molecule has 1 N–H and O–H groups in total. The molecule has 94 valence electrons. The molecule has 1 aliphatic heterocycles. The number of halogens is 1. The first kappa shape index (κ1) is 12.9. The van der Waals surface area contributed by atoms with E-state index >= 15 is 0 Å². The van der Waals surface area contributed by atoms with E-state index in [4.69, 9.17) is 16.7 Å². The van der Waals surface area contributed by atoms with Gasteiger partial charge in [0.25, 0.3) is 0 Å². The van der Waals surface area contributed by atoms with E-state index in [9.17, 15) is 14.4 Å². The number of thioether (sulfide) groups is 1. The van der Waals surface area contributed by atoms with Gasteiger partial charge >= 0.3 is 5.97 Å². The number of carbonyl (C=O) groups excluding carboxylic acids is 2. The molecule has 0 aliphatic carbocycles. The minimum Gasteiger partial charge on any atom is -0.478 e. The lowest BCUT2D eigenvalue weighted by Gasteiger charge is -2.25. The first-order chi connectivity index (χ1) is 8.52. The summed E-state index contributed by atoms with van der Waals surface area (Å²) in [6.45, 7) is 0. The molecule has 1 fully saturated rings. The average molecular weight is 286 g/mol. The first-order valence-corrected chi connectivity index (χ1v) is 6.51. The Bertz CT molecular complexity index is 530. The number of anilines is 1. The van der Waals surface area contributed by atoms with Crippen LogP contribution in [0.3, 0.4) is 0 Å². The van der Waals surface area contributed by atoms with Crippen LogP contribution in [0.15, 0.2) is 18.2 Å². The minimum absolute atomic E-state index is 0.00109. The maximum Gasteiger partial charge on any atom is 0.339 e. The van der Waals surface area contributed by atoms with E-state index in [1.165, 1.54) is 30.0 Å². The predicted molar refractivity (Wildman–Crippen MR) is 68.2 cm³/mol. The monoisotopic (exact) mass is 285 g/mol. The molecule has 0 unspecified atom stereocenters. The highest BCUT2D eigenvalue weighted by Gasteiger charge is 2.31. The van der Waals surface area contributed by atoms with Crippen molar-refractivity contribution >= 4 is 46.8 Å². The fourth-order valence-electron chi connectivity index (χ4n) is 1.67. The number of imide groups is 1. The molecule has 0 spiro atoms. The molecule has 1 heterocycles. The van der Waals surface area contributed by atoms with Crippen molar-refractivity contribution < 1.29 is 19.5 Å². The minimum atomic E-state index is -1.27. The molecule has 5 nitrogen and oxygen atoms in total. The number of carboxylic acid groups (broad SMARTS) is 1. The van der Waals surface area contributed by atoms with Crippen molar-refractivity contribution in [2.24, 2.45) is 0 Å². The second-order valence-electron chi connectivity index (χ2n) is 3.55. The Balaban J connectivity index is 2.56. The van der Waals surface area contributed by atoms with Gasteiger partial charge in [-0.2, -0.15) is 0 Å². The van der Waals surface area contributed by atoms with Crippen LogP contribution in [0.25, 0.3) is 0 Å². The molecule has 7 heteroatoms. The number of hydrogen-bond donors (Lipinski definition) is 1. The fourth-order valence-corrected chi connectivity index (χ4v) is 2.63. The van der Waals surface area contributed by atoms with Crippen molar-refractivity contribution in [1.82, 2.24) is 0 Å². The molecule has 2 amide bonds. The van der Waals surface area contributed by atoms with Gasteiger partial charge in [-0.15, -0.1) is 11.8 Å². The molecular formula is C11H8ClNO4S. The summed E-state index contributed by atoms with van der Waals surface area (Å²) in [7, 11) is 0.